The van der Waals surface area contributed by atoms with Gasteiger partial charge in [0.05, 0.1) is 10.5 Å². The molecule has 0 atom stereocenters. The molecule has 0 unspecified atom stereocenters. The fourth-order valence-electron chi connectivity index (χ4n) is 1.46. The summed E-state index contributed by atoms with van der Waals surface area (Å²) in [5, 5.41) is 23.7. The topological polar surface area (TPSA) is 84.6 Å². The van der Waals surface area contributed by atoms with Crippen molar-refractivity contribution in [3.8, 4) is 5.75 Å². The zero-order valence-electron chi connectivity index (χ0n) is 11.5. The lowest BCUT2D eigenvalue weighted by atomic mass is 10.1. The Balaban J connectivity index is 2.88. The molecule has 0 saturated carbocycles. The Morgan fingerprint density at radius 1 is 1.47 bits per heavy atom. The third-order valence-corrected chi connectivity index (χ3v) is 2.38. The van der Waals surface area contributed by atoms with Crippen LogP contribution < -0.4 is 10.1 Å². The minimum absolute atomic E-state index is 0.000394. The lowest BCUT2D eigenvalue weighted by molar-refractivity contribution is -0.386. The minimum Gasteiger partial charge on any atom is -0.484 e. The van der Waals surface area contributed by atoms with Gasteiger partial charge < -0.3 is 15.2 Å². The van der Waals surface area contributed by atoms with Gasteiger partial charge in [0.25, 0.3) is 0 Å². The van der Waals surface area contributed by atoms with E-state index in [1.165, 1.54) is 6.07 Å². The number of nitro benzene ring substituents is 1. The van der Waals surface area contributed by atoms with Gasteiger partial charge >= 0.3 is 5.69 Å². The molecular weight excluding hydrogens is 248 g/mol. The van der Waals surface area contributed by atoms with Gasteiger partial charge in [0.2, 0.25) is 0 Å². The maximum atomic E-state index is 11.0. The zero-order chi connectivity index (χ0) is 14.5. The van der Waals surface area contributed by atoms with E-state index in [1.807, 2.05) is 6.92 Å². The number of hydrogen-bond acceptors (Lipinski definition) is 5. The molecule has 0 saturated heterocycles. The fraction of sp³-hybridized carbons (Fsp3) is 0.538. The summed E-state index contributed by atoms with van der Waals surface area (Å²) in [5.41, 5.74) is -0.292. The SMILES string of the molecule is CCNCc1ccc(OCC(C)(C)O)c([N+](=O)[O-])c1. The van der Waals surface area contributed by atoms with Crippen molar-refractivity contribution in [2.45, 2.75) is 32.9 Å². The molecular formula is C13H20N2O4. The molecule has 19 heavy (non-hydrogen) atoms. The molecule has 0 aliphatic rings. The van der Waals surface area contributed by atoms with E-state index >= 15 is 0 Å². The lowest BCUT2D eigenvalue weighted by Gasteiger charge is -2.17. The Labute approximate surface area is 112 Å². The molecule has 0 aliphatic carbocycles. The number of rotatable bonds is 7. The van der Waals surface area contributed by atoms with Crippen LogP contribution in [0.1, 0.15) is 26.3 Å². The van der Waals surface area contributed by atoms with Gasteiger partial charge in [-0.1, -0.05) is 13.0 Å². The average molecular weight is 268 g/mol. The molecule has 0 fully saturated rings. The summed E-state index contributed by atoms with van der Waals surface area (Å²) in [4.78, 5) is 10.5. The second-order valence-electron chi connectivity index (χ2n) is 4.94. The highest BCUT2D eigenvalue weighted by atomic mass is 16.6. The normalized spacial score (nSPS) is 11.4. The van der Waals surface area contributed by atoms with Crippen LogP contribution in [0, 0.1) is 10.1 Å². The molecule has 1 rings (SSSR count). The van der Waals surface area contributed by atoms with E-state index in [4.69, 9.17) is 4.74 Å². The summed E-state index contributed by atoms with van der Waals surface area (Å²) in [5.74, 6) is 0.173. The second-order valence-corrected chi connectivity index (χ2v) is 4.94. The van der Waals surface area contributed by atoms with Crippen molar-refractivity contribution in [3.05, 3.63) is 33.9 Å². The molecule has 0 aromatic heterocycles. The van der Waals surface area contributed by atoms with Crippen LogP contribution in [0.5, 0.6) is 5.75 Å². The van der Waals surface area contributed by atoms with Crippen molar-refractivity contribution < 1.29 is 14.8 Å². The standard InChI is InChI=1S/C13H20N2O4/c1-4-14-8-10-5-6-12(11(7-10)15(17)18)19-9-13(2,3)16/h5-7,14,16H,4,8-9H2,1-3H3. The Bertz CT molecular complexity index is 441. The van der Waals surface area contributed by atoms with Crippen LogP contribution in [-0.4, -0.2) is 28.8 Å². The molecule has 0 amide bonds. The first-order chi connectivity index (χ1) is 8.83. The molecule has 0 spiro atoms. The van der Waals surface area contributed by atoms with Gasteiger partial charge in [-0.2, -0.15) is 0 Å². The molecule has 0 aliphatic heterocycles. The first kappa shape index (κ1) is 15.4. The van der Waals surface area contributed by atoms with Crippen LogP contribution in [0.3, 0.4) is 0 Å². The predicted octanol–water partition coefficient (Wildman–Crippen LogP) is 1.85. The van der Waals surface area contributed by atoms with Crippen LogP contribution in [-0.2, 0) is 6.54 Å². The Morgan fingerprint density at radius 2 is 2.16 bits per heavy atom. The van der Waals surface area contributed by atoms with Crippen LogP contribution in [0.4, 0.5) is 5.69 Å². The van der Waals surface area contributed by atoms with Gasteiger partial charge in [-0.25, -0.2) is 0 Å². The molecule has 0 bridgehead atoms. The van der Waals surface area contributed by atoms with Gasteiger partial charge in [0, 0.05) is 12.6 Å². The smallest absolute Gasteiger partial charge is 0.311 e. The Kier molecular flexibility index (Phi) is 5.26. The summed E-state index contributed by atoms with van der Waals surface area (Å²) in [7, 11) is 0. The first-order valence-corrected chi connectivity index (χ1v) is 6.16. The van der Waals surface area contributed by atoms with Gasteiger partial charge in [-0.15, -0.1) is 0 Å². The minimum atomic E-state index is -1.03. The van der Waals surface area contributed by atoms with E-state index in [1.54, 1.807) is 26.0 Å². The summed E-state index contributed by atoms with van der Waals surface area (Å²) >= 11 is 0. The highest BCUT2D eigenvalue weighted by Gasteiger charge is 2.19. The first-order valence-electron chi connectivity index (χ1n) is 6.16. The third-order valence-electron chi connectivity index (χ3n) is 2.38. The van der Waals surface area contributed by atoms with E-state index < -0.39 is 10.5 Å². The van der Waals surface area contributed by atoms with E-state index in [0.29, 0.717) is 6.54 Å². The number of nitrogens with zero attached hydrogens (tertiary/aromatic N) is 1. The van der Waals surface area contributed by atoms with Crippen LogP contribution >= 0.6 is 0 Å². The number of hydrogen-bond donors (Lipinski definition) is 2. The van der Waals surface area contributed by atoms with E-state index in [0.717, 1.165) is 12.1 Å². The van der Waals surface area contributed by atoms with Crippen LogP contribution in [0.2, 0.25) is 0 Å². The summed E-state index contributed by atoms with van der Waals surface area (Å²) < 4.78 is 5.31. The quantitative estimate of drug-likeness (QED) is 0.582. The monoisotopic (exact) mass is 268 g/mol. The summed E-state index contributed by atoms with van der Waals surface area (Å²) in [6, 6.07) is 4.83. The van der Waals surface area contributed by atoms with Crippen molar-refractivity contribution >= 4 is 5.69 Å². The number of nitrogens with one attached hydrogen (secondary N) is 1. The summed E-state index contributed by atoms with van der Waals surface area (Å²) in [6.45, 7) is 6.50. The molecule has 106 valence electrons. The molecule has 6 nitrogen and oxygen atoms in total. The van der Waals surface area contributed by atoms with Gasteiger partial charge in [0.1, 0.15) is 6.61 Å². The fourth-order valence-corrected chi connectivity index (χ4v) is 1.46. The van der Waals surface area contributed by atoms with Crippen molar-refractivity contribution in [2.24, 2.45) is 0 Å². The Morgan fingerprint density at radius 3 is 2.68 bits per heavy atom. The molecule has 0 radical (unpaired) electrons. The highest BCUT2D eigenvalue weighted by Crippen LogP contribution is 2.28. The largest absolute Gasteiger partial charge is 0.484 e. The van der Waals surface area contributed by atoms with E-state index in [-0.39, 0.29) is 18.0 Å². The highest BCUT2D eigenvalue weighted by molar-refractivity contribution is 5.48. The maximum Gasteiger partial charge on any atom is 0.311 e. The molecule has 6 heteroatoms. The van der Waals surface area contributed by atoms with Crippen molar-refractivity contribution in [3.63, 3.8) is 0 Å². The van der Waals surface area contributed by atoms with Gasteiger partial charge in [-0.05, 0) is 32.0 Å². The number of nitro groups is 1. The van der Waals surface area contributed by atoms with E-state index in [9.17, 15) is 15.2 Å². The molecule has 0 heterocycles. The molecule has 1 aromatic rings. The van der Waals surface area contributed by atoms with Crippen LogP contribution in [0.15, 0.2) is 18.2 Å². The maximum absolute atomic E-state index is 11.0. The van der Waals surface area contributed by atoms with Crippen LogP contribution in [0.25, 0.3) is 0 Å². The zero-order valence-corrected chi connectivity index (χ0v) is 11.5. The summed E-state index contributed by atoms with van der Waals surface area (Å²) in [6.07, 6.45) is 0. The lowest BCUT2D eigenvalue weighted by Crippen LogP contribution is -2.28. The average Bonchev–Trinajstić information content (AvgIpc) is 2.33. The van der Waals surface area contributed by atoms with Crippen molar-refractivity contribution in [2.75, 3.05) is 13.2 Å². The van der Waals surface area contributed by atoms with Gasteiger partial charge in [-0.3, -0.25) is 10.1 Å². The van der Waals surface area contributed by atoms with Gasteiger partial charge in [0.15, 0.2) is 5.75 Å². The predicted molar refractivity (Wildman–Crippen MR) is 72.3 cm³/mol. The van der Waals surface area contributed by atoms with E-state index in [2.05, 4.69) is 5.32 Å². The van der Waals surface area contributed by atoms with Crippen molar-refractivity contribution in [1.29, 1.82) is 0 Å². The number of aliphatic hydroxyl groups is 1. The third kappa shape index (κ3) is 5.23. The Hall–Kier alpha value is -1.66. The number of ether oxygens (including phenoxy) is 1. The van der Waals surface area contributed by atoms with Crippen molar-refractivity contribution in [1.82, 2.24) is 5.32 Å². The second kappa shape index (κ2) is 6.49. The molecule has 1 aromatic carbocycles. The molecule has 2 N–H and O–H groups in total. The number of benzene rings is 1.